The zero-order chi connectivity index (χ0) is 11.8. The van der Waals surface area contributed by atoms with Crippen molar-refractivity contribution in [2.24, 2.45) is 0 Å². The summed E-state index contributed by atoms with van der Waals surface area (Å²) in [5.41, 5.74) is 1.29. The normalized spacial score (nSPS) is 10.4. The van der Waals surface area contributed by atoms with E-state index in [2.05, 4.69) is 12.1 Å². The second-order valence-corrected chi connectivity index (χ2v) is 3.78. The molecule has 0 unspecified atom stereocenters. The first kappa shape index (κ1) is 12.7. The molecule has 0 spiro atoms. The van der Waals surface area contributed by atoms with Crippen LogP contribution in [0.4, 0.5) is 0 Å². The van der Waals surface area contributed by atoms with E-state index in [-0.39, 0.29) is 5.97 Å². The molecule has 0 fully saturated rings. The number of hydrogen-bond donors (Lipinski definition) is 0. The van der Waals surface area contributed by atoms with Crippen LogP contribution in [0, 0.1) is 0 Å². The molecule has 0 N–H and O–H groups in total. The Morgan fingerprint density at radius 3 is 2.62 bits per heavy atom. The van der Waals surface area contributed by atoms with Crippen LogP contribution in [0.5, 0.6) is 0 Å². The molecule has 1 aromatic rings. The quantitative estimate of drug-likeness (QED) is 0.685. The Kier molecular flexibility index (Phi) is 5.57. The van der Waals surface area contributed by atoms with E-state index in [1.807, 2.05) is 37.1 Å². The van der Waals surface area contributed by atoms with Gasteiger partial charge in [-0.1, -0.05) is 30.3 Å². The SMILES string of the molecule is CCOC(=O)CN(C)CCc1ccccc1. The zero-order valence-electron chi connectivity index (χ0n) is 9.98. The van der Waals surface area contributed by atoms with Crippen LogP contribution in [0.3, 0.4) is 0 Å². The van der Waals surface area contributed by atoms with Crippen molar-refractivity contribution in [3.05, 3.63) is 35.9 Å². The molecule has 0 aliphatic rings. The van der Waals surface area contributed by atoms with Gasteiger partial charge in [0.1, 0.15) is 0 Å². The summed E-state index contributed by atoms with van der Waals surface area (Å²) in [7, 11) is 1.93. The summed E-state index contributed by atoms with van der Waals surface area (Å²) in [6, 6.07) is 10.3. The van der Waals surface area contributed by atoms with Crippen molar-refractivity contribution in [2.45, 2.75) is 13.3 Å². The first-order valence-electron chi connectivity index (χ1n) is 5.60. The molecule has 0 amide bonds. The standard InChI is InChI=1S/C13H19NO2/c1-3-16-13(15)11-14(2)10-9-12-7-5-4-6-8-12/h4-8H,3,9-11H2,1-2H3. The van der Waals surface area contributed by atoms with Crippen molar-refractivity contribution < 1.29 is 9.53 Å². The molecule has 0 saturated heterocycles. The summed E-state index contributed by atoms with van der Waals surface area (Å²) in [4.78, 5) is 13.2. The predicted molar refractivity (Wildman–Crippen MR) is 64.3 cm³/mol. The highest BCUT2D eigenvalue weighted by atomic mass is 16.5. The number of ether oxygens (including phenoxy) is 1. The summed E-state index contributed by atoms with van der Waals surface area (Å²) in [6.07, 6.45) is 0.955. The van der Waals surface area contributed by atoms with Crippen molar-refractivity contribution in [3.63, 3.8) is 0 Å². The van der Waals surface area contributed by atoms with Gasteiger partial charge in [-0.15, -0.1) is 0 Å². The Morgan fingerprint density at radius 1 is 1.31 bits per heavy atom. The third kappa shape index (κ3) is 4.94. The van der Waals surface area contributed by atoms with Crippen LogP contribution in [0.25, 0.3) is 0 Å². The van der Waals surface area contributed by atoms with Gasteiger partial charge in [0.25, 0.3) is 0 Å². The highest BCUT2D eigenvalue weighted by molar-refractivity contribution is 5.71. The number of hydrogen-bond acceptors (Lipinski definition) is 3. The van der Waals surface area contributed by atoms with Gasteiger partial charge in [0.15, 0.2) is 0 Å². The van der Waals surface area contributed by atoms with E-state index in [0.717, 1.165) is 13.0 Å². The van der Waals surface area contributed by atoms with Gasteiger partial charge in [-0.2, -0.15) is 0 Å². The second-order valence-electron chi connectivity index (χ2n) is 3.78. The average molecular weight is 221 g/mol. The molecule has 16 heavy (non-hydrogen) atoms. The lowest BCUT2D eigenvalue weighted by Crippen LogP contribution is -2.29. The van der Waals surface area contributed by atoms with Crippen molar-refractivity contribution >= 4 is 5.97 Å². The summed E-state index contributed by atoms with van der Waals surface area (Å²) >= 11 is 0. The number of likely N-dealkylation sites (N-methyl/N-ethyl adjacent to an activating group) is 1. The van der Waals surface area contributed by atoms with Gasteiger partial charge in [-0.3, -0.25) is 9.69 Å². The Bertz CT molecular complexity index is 311. The monoisotopic (exact) mass is 221 g/mol. The third-order valence-electron chi connectivity index (χ3n) is 2.33. The Morgan fingerprint density at radius 2 is 2.00 bits per heavy atom. The molecule has 0 heterocycles. The van der Waals surface area contributed by atoms with Crippen molar-refractivity contribution in [3.8, 4) is 0 Å². The molecule has 0 atom stereocenters. The number of carbonyl (C=O) groups is 1. The molecule has 0 radical (unpaired) electrons. The smallest absolute Gasteiger partial charge is 0.320 e. The molecule has 0 aromatic heterocycles. The third-order valence-corrected chi connectivity index (χ3v) is 2.33. The maximum atomic E-state index is 11.2. The molecule has 0 saturated carbocycles. The van der Waals surface area contributed by atoms with Crippen LogP contribution in [-0.2, 0) is 16.0 Å². The summed E-state index contributed by atoms with van der Waals surface area (Å²) in [6.45, 7) is 3.50. The van der Waals surface area contributed by atoms with Gasteiger partial charge in [-0.05, 0) is 26.0 Å². The minimum atomic E-state index is -0.155. The molecule has 3 heteroatoms. The maximum absolute atomic E-state index is 11.2. The van der Waals surface area contributed by atoms with E-state index < -0.39 is 0 Å². The molecule has 0 bridgehead atoms. The highest BCUT2D eigenvalue weighted by Gasteiger charge is 2.06. The fourth-order valence-electron chi connectivity index (χ4n) is 1.47. The van der Waals surface area contributed by atoms with Crippen LogP contribution in [0.2, 0.25) is 0 Å². The Hall–Kier alpha value is -1.35. The van der Waals surface area contributed by atoms with Crippen LogP contribution in [0.15, 0.2) is 30.3 Å². The predicted octanol–water partition coefficient (Wildman–Crippen LogP) is 1.72. The van der Waals surface area contributed by atoms with Gasteiger partial charge in [0, 0.05) is 6.54 Å². The number of carbonyl (C=O) groups excluding carboxylic acids is 1. The molecule has 0 aliphatic carbocycles. The van der Waals surface area contributed by atoms with Crippen molar-refractivity contribution in [2.75, 3.05) is 26.7 Å². The van der Waals surface area contributed by atoms with Crippen LogP contribution in [0.1, 0.15) is 12.5 Å². The largest absolute Gasteiger partial charge is 0.465 e. The molecular formula is C13H19NO2. The fraction of sp³-hybridized carbons (Fsp3) is 0.462. The topological polar surface area (TPSA) is 29.5 Å². The van der Waals surface area contributed by atoms with Gasteiger partial charge < -0.3 is 4.74 Å². The first-order chi connectivity index (χ1) is 7.72. The summed E-state index contributed by atoms with van der Waals surface area (Å²) in [5.74, 6) is -0.155. The van der Waals surface area contributed by atoms with Crippen molar-refractivity contribution in [1.82, 2.24) is 4.90 Å². The van der Waals surface area contributed by atoms with E-state index in [0.29, 0.717) is 13.2 Å². The molecule has 88 valence electrons. The molecule has 1 rings (SSSR count). The fourth-order valence-corrected chi connectivity index (χ4v) is 1.47. The highest BCUT2D eigenvalue weighted by Crippen LogP contribution is 2.00. The van der Waals surface area contributed by atoms with Crippen molar-refractivity contribution in [1.29, 1.82) is 0 Å². The van der Waals surface area contributed by atoms with E-state index in [1.54, 1.807) is 0 Å². The second kappa shape index (κ2) is 7.01. The lowest BCUT2D eigenvalue weighted by molar-refractivity contribution is -0.144. The van der Waals surface area contributed by atoms with Crippen LogP contribution < -0.4 is 0 Å². The Balaban J connectivity index is 2.25. The van der Waals surface area contributed by atoms with Crippen LogP contribution in [-0.4, -0.2) is 37.6 Å². The lowest BCUT2D eigenvalue weighted by Gasteiger charge is -2.15. The lowest BCUT2D eigenvalue weighted by atomic mass is 10.1. The van der Waals surface area contributed by atoms with E-state index in [9.17, 15) is 4.79 Å². The molecular weight excluding hydrogens is 202 g/mol. The van der Waals surface area contributed by atoms with E-state index >= 15 is 0 Å². The van der Waals surface area contributed by atoms with E-state index in [1.165, 1.54) is 5.56 Å². The minimum absolute atomic E-state index is 0.155. The minimum Gasteiger partial charge on any atom is -0.465 e. The average Bonchev–Trinajstić information content (AvgIpc) is 2.28. The molecule has 1 aromatic carbocycles. The zero-order valence-corrected chi connectivity index (χ0v) is 9.98. The van der Waals surface area contributed by atoms with Gasteiger partial charge in [-0.25, -0.2) is 0 Å². The molecule has 3 nitrogen and oxygen atoms in total. The van der Waals surface area contributed by atoms with Gasteiger partial charge in [0.05, 0.1) is 13.2 Å². The number of benzene rings is 1. The first-order valence-corrected chi connectivity index (χ1v) is 5.60. The Labute approximate surface area is 97.0 Å². The summed E-state index contributed by atoms with van der Waals surface area (Å²) < 4.78 is 4.88. The van der Waals surface area contributed by atoms with Gasteiger partial charge in [0.2, 0.25) is 0 Å². The molecule has 0 aliphatic heterocycles. The van der Waals surface area contributed by atoms with E-state index in [4.69, 9.17) is 4.74 Å². The number of esters is 1. The van der Waals surface area contributed by atoms with Gasteiger partial charge >= 0.3 is 5.97 Å². The van der Waals surface area contributed by atoms with Crippen LogP contribution >= 0.6 is 0 Å². The summed E-state index contributed by atoms with van der Waals surface area (Å²) in [5, 5.41) is 0. The number of nitrogens with zero attached hydrogens (tertiary/aromatic N) is 1. The maximum Gasteiger partial charge on any atom is 0.320 e. The number of rotatable bonds is 6.